The first kappa shape index (κ1) is 21.0. The van der Waals surface area contributed by atoms with Crippen molar-refractivity contribution in [2.45, 2.75) is 25.7 Å². The maximum Gasteiger partial charge on any atom is 0.335 e. The largest absolute Gasteiger partial charge is 0.497 e. The van der Waals surface area contributed by atoms with Gasteiger partial charge in [0.2, 0.25) is 0 Å². The SMILES string of the molecule is COc1cccc(/C(N)=N/OC(=O)CCCCCN2C(=O)c3ccccc3C2=O)c1. The molecule has 0 atom stereocenters. The molecule has 2 N–H and O–H groups in total. The van der Waals surface area contributed by atoms with Crippen LogP contribution in [0.3, 0.4) is 0 Å². The van der Waals surface area contributed by atoms with Gasteiger partial charge in [0.05, 0.1) is 18.2 Å². The number of amidine groups is 1. The molecular weight excluding hydrogens is 386 g/mol. The Morgan fingerprint density at radius 2 is 1.70 bits per heavy atom. The van der Waals surface area contributed by atoms with Gasteiger partial charge >= 0.3 is 5.97 Å². The summed E-state index contributed by atoms with van der Waals surface area (Å²) >= 11 is 0. The van der Waals surface area contributed by atoms with Crippen molar-refractivity contribution in [2.24, 2.45) is 10.9 Å². The van der Waals surface area contributed by atoms with Crippen LogP contribution in [-0.4, -0.2) is 42.2 Å². The van der Waals surface area contributed by atoms with E-state index in [1.807, 2.05) is 0 Å². The zero-order valence-corrected chi connectivity index (χ0v) is 16.7. The molecule has 2 aromatic rings. The summed E-state index contributed by atoms with van der Waals surface area (Å²) in [6.45, 7) is 0.322. The molecule has 0 spiro atoms. The van der Waals surface area contributed by atoms with E-state index in [-0.39, 0.29) is 24.1 Å². The van der Waals surface area contributed by atoms with E-state index in [1.165, 1.54) is 4.90 Å². The highest BCUT2D eigenvalue weighted by Crippen LogP contribution is 2.22. The number of benzene rings is 2. The van der Waals surface area contributed by atoms with E-state index in [9.17, 15) is 14.4 Å². The van der Waals surface area contributed by atoms with Crippen LogP contribution >= 0.6 is 0 Å². The zero-order chi connectivity index (χ0) is 21.5. The van der Waals surface area contributed by atoms with Crippen molar-refractivity contribution in [1.82, 2.24) is 4.90 Å². The molecule has 2 amide bonds. The van der Waals surface area contributed by atoms with Crippen molar-refractivity contribution in [2.75, 3.05) is 13.7 Å². The molecule has 3 rings (SSSR count). The Morgan fingerprint density at radius 3 is 2.37 bits per heavy atom. The van der Waals surface area contributed by atoms with Gasteiger partial charge in [-0.05, 0) is 37.1 Å². The molecule has 0 saturated carbocycles. The number of imide groups is 1. The van der Waals surface area contributed by atoms with Crippen molar-refractivity contribution in [3.63, 3.8) is 0 Å². The van der Waals surface area contributed by atoms with E-state index in [0.717, 1.165) is 0 Å². The summed E-state index contributed by atoms with van der Waals surface area (Å²) in [4.78, 5) is 42.5. The second-order valence-corrected chi connectivity index (χ2v) is 6.79. The van der Waals surface area contributed by atoms with Gasteiger partial charge in [-0.2, -0.15) is 0 Å². The number of hydrogen-bond donors (Lipinski definition) is 1. The summed E-state index contributed by atoms with van der Waals surface area (Å²) < 4.78 is 5.11. The molecule has 156 valence electrons. The lowest BCUT2D eigenvalue weighted by Crippen LogP contribution is -2.30. The first-order valence-corrected chi connectivity index (χ1v) is 9.64. The summed E-state index contributed by atoms with van der Waals surface area (Å²) in [6, 6.07) is 13.7. The highest BCUT2D eigenvalue weighted by Gasteiger charge is 2.34. The van der Waals surface area contributed by atoms with Crippen LogP contribution in [0, 0.1) is 0 Å². The number of rotatable bonds is 9. The molecular formula is C22H23N3O5. The first-order valence-electron chi connectivity index (χ1n) is 9.64. The average molecular weight is 409 g/mol. The minimum atomic E-state index is -0.499. The fourth-order valence-corrected chi connectivity index (χ4v) is 3.14. The van der Waals surface area contributed by atoms with Crippen LogP contribution in [-0.2, 0) is 9.63 Å². The van der Waals surface area contributed by atoms with Gasteiger partial charge in [0, 0.05) is 18.5 Å². The van der Waals surface area contributed by atoms with E-state index in [4.69, 9.17) is 15.3 Å². The Labute approximate surface area is 174 Å². The van der Waals surface area contributed by atoms with E-state index in [2.05, 4.69) is 5.16 Å². The number of unbranched alkanes of at least 4 members (excludes halogenated alkanes) is 2. The first-order chi connectivity index (χ1) is 14.5. The lowest BCUT2D eigenvalue weighted by Gasteiger charge is -2.13. The Balaban J connectivity index is 1.38. The standard InChI is InChI=1S/C22H23N3O5/c1-29-16-9-7-8-15(14-16)20(23)24-30-19(26)12-3-2-6-13-25-21(27)17-10-4-5-11-18(17)22(25)28/h4-5,7-11,14H,2-3,6,12-13H2,1H3,(H2,23,24). The van der Waals surface area contributed by atoms with Crippen LogP contribution < -0.4 is 10.5 Å². The Hall–Kier alpha value is -3.68. The number of ether oxygens (including phenoxy) is 1. The summed E-state index contributed by atoms with van der Waals surface area (Å²) in [7, 11) is 1.54. The molecule has 0 unspecified atom stereocenters. The third kappa shape index (κ3) is 4.83. The van der Waals surface area contributed by atoms with Gasteiger partial charge in [-0.1, -0.05) is 35.8 Å². The van der Waals surface area contributed by atoms with Gasteiger partial charge in [0.25, 0.3) is 11.8 Å². The average Bonchev–Trinajstić information content (AvgIpc) is 3.02. The van der Waals surface area contributed by atoms with Gasteiger partial charge in [-0.3, -0.25) is 14.5 Å². The highest BCUT2D eigenvalue weighted by molar-refractivity contribution is 6.21. The molecule has 0 bridgehead atoms. The van der Waals surface area contributed by atoms with E-state index >= 15 is 0 Å². The number of methoxy groups -OCH3 is 1. The smallest absolute Gasteiger partial charge is 0.335 e. The molecule has 0 fully saturated rings. The maximum absolute atomic E-state index is 12.3. The Kier molecular flexibility index (Phi) is 6.79. The van der Waals surface area contributed by atoms with Crippen molar-refractivity contribution in [3.05, 3.63) is 65.2 Å². The van der Waals surface area contributed by atoms with Crippen molar-refractivity contribution in [1.29, 1.82) is 0 Å². The fraction of sp³-hybridized carbons (Fsp3) is 0.273. The van der Waals surface area contributed by atoms with Crippen molar-refractivity contribution >= 4 is 23.6 Å². The molecule has 8 heteroatoms. The van der Waals surface area contributed by atoms with E-state index < -0.39 is 5.97 Å². The van der Waals surface area contributed by atoms with Crippen LogP contribution in [0.25, 0.3) is 0 Å². The fourth-order valence-electron chi connectivity index (χ4n) is 3.14. The molecule has 0 aromatic heterocycles. The third-order valence-electron chi connectivity index (χ3n) is 4.75. The minimum absolute atomic E-state index is 0.0767. The predicted molar refractivity (Wildman–Crippen MR) is 110 cm³/mol. The highest BCUT2D eigenvalue weighted by atomic mass is 16.7. The van der Waals surface area contributed by atoms with Crippen molar-refractivity contribution < 1.29 is 24.0 Å². The monoisotopic (exact) mass is 409 g/mol. The molecule has 0 radical (unpaired) electrons. The van der Waals surface area contributed by atoms with Crippen LogP contribution in [0.4, 0.5) is 0 Å². The van der Waals surface area contributed by atoms with Gasteiger partial charge in [0.15, 0.2) is 5.84 Å². The van der Waals surface area contributed by atoms with Gasteiger partial charge in [0.1, 0.15) is 5.75 Å². The second kappa shape index (κ2) is 9.69. The number of oxime groups is 1. The van der Waals surface area contributed by atoms with Crippen LogP contribution in [0.15, 0.2) is 53.7 Å². The normalized spacial score (nSPS) is 13.4. The molecule has 1 aliphatic heterocycles. The Bertz CT molecular complexity index is 951. The van der Waals surface area contributed by atoms with E-state index in [0.29, 0.717) is 48.2 Å². The summed E-state index contributed by atoms with van der Waals surface area (Å²) in [5, 5.41) is 3.67. The molecule has 0 aliphatic carbocycles. The lowest BCUT2D eigenvalue weighted by molar-refractivity contribution is -0.143. The number of nitrogens with zero attached hydrogens (tertiary/aromatic N) is 2. The number of fused-ring (bicyclic) bond motifs is 1. The zero-order valence-electron chi connectivity index (χ0n) is 16.7. The van der Waals surface area contributed by atoms with Crippen LogP contribution in [0.1, 0.15) is 52.0 Å². The van der Waals surface area contributed by atoms with Gasteiger partial charge in [-0.15, -0.1) is 0 Å². The second-order valence-electron chi connectivity index (χ2n) is 6.79. The number of hydrogen-bond acceptors (Lipinski definition) is 6. The molecule has 8 nitrogen and oxygen atoms in total. The molecule has 1 aliphatic rings. The van der Waals surface area contributed by atoms with Crippen LogP contribution in [0.2, 0.25) is 0 Å². The number of carbonyl (C=O) groups is 3. The molecule has 1 heterocycles. The lowest BCUT2D eigenvalue weighted by atomic mass is 10.1. The number of carbonyl (C=O) groups excluding carboxylic acids is 3. The minimum Gasteiger partial charge on any atom is -0.497 e. The van der Waals surface area contributed by atoms with Gasteiger partial charge in [-0.25, -0.2) is 4.79 Å². The summed E-state index contributed by atoms with van der Waals surface area (Å²) in [5.74, 6) is -0.334. The quantitative estimate of drug-likeness (QED) is 0.170. The summed E-state index contributed by atoms with van der Waals surface area (Å²) in [6.07, 6.45) is 1.99. The van der Waals surface area contributed by atoms with Crippen molar-refractivity contribution in [3.8, 4) is 5.75 Å². The number of amides is 2. The predicted octanol–water partition coefficient (Wildman–Crippen LogP) is 2.72. The Morgan fingerprint density at radius 1 is 1.00 bits per heavy atom. The van der Waals surface area contributed by atoms with Gasteiger partial charge < -0.3 is 15.3 Å². The third-order valence-corrected chi connectivity index (χ3v) is 4.75. The van der Waals surface area contributed by atoms with Crippen LogP contribution in [0.5, 0.6) is 5.75 Å². The van der Waals surface area contributed by atoms with E-state index in [1.54, 1.807) is 55.6 Å². The molecule has 0 saturated heterocycles. The topological polar surface area (TPSA) is 111 Å². The summed E-state index contributed by atoms with van der Waals surface area (Å²) in [5.41, 5.74) is 7.29. The maximum atomic E-state index is 12.3. The molecule has 30 heavy (non-hydrogen) atoms. The molecule has 2 aromatic carbocycles. The number of nitrogens with two attached hydrogens (primary N) is 1.